The highest BCUT2D eigenvalue weighted by atomic mass is 16.5. The van der Waals surface area contributed by atoms with Gasteiger partial charge in [-0.1, -0.05) is 58.7 Å². The second-order valence-corrected chi connectivity index (χ2v) is 10.6. The minimum absolute atomic E-state index is 0.0996. The van der Waals surface area contributed by atoms with Crippen molar-refractivity contribution in [1.82, 2.24) is 15.1 Å². The summed E-state index contributed by atoms with van der Waals surface area (Å²) in [7, 11) is 1.63. The van der Waals surface area contributed by atoms with Gasteiger partial charge in [0.2, 0.25) is 5.88 Å². The summed E-state index contributed by atoms with van der Waals surface area (Å²) in [5.41, 5.74) is 7.32. The predicted octanol–water partition coefficient (Wildman–Crippen LogP) is 7.12. The van der Waals surface area contributed by atoms with Crippen LogP contribution in [-0.2, 0) is 5.41 Å². The van der Waals surface area contributed by atoms with Gasteiger partial charge in [0.15, 0.2) is 23.3 Å². The molecule has 0 saturated heterocycles. The predicted molar refractivity (Wildman–Crippen MR) is 157 cm³/mol. The van der Waals surface area contributed by atoms with E-state index >= 15 is 0 Å². The van der Waals surface area contributed by atoms with E-state index < -0.39 is 0 Å². The van der Waals surface area contributed by atoms with Crippen LogP contribution in [0.2, 0.25) is 0 Å². The molecule has 0 saturated carbocycles. The third-order valence-electron chi connectivity index (χ3n) is 6.19. The fourth-order valence-corrected chi connectivity index (χ4v) is 4.18. The van der Waals surface area contributed by atoms with E-state index in [0.717, 1.165) is 31.4 Å². The summed E-state index contributed by atoms with van der Waals surface area (Å²) >= 11 is 0. The average molecular weight is 547 g/mol. The molecule has 212 valence electrons. The van der Waals surface area contributed by atoms with E-state index in [1.165, 1.54) is 6.33 Å². The fraction of sp³-hybridized carbons (Fsp3) is 0.400. The van der Waals surface area contributed by atoms with Gasteiger partial charge >= 0.3 is 0 Å². The van der Waals surface area contributed by atoms with Gasteiger partial charge in [-0.15, -0.1) is 0 Å². The van der Waals surface area contributed by atoms with E-state index in [9.17, 15) is 0 Å². The van der Waals surface area contributed by atoms with Gasteiger partial charge in [-0.2, -0.15) is 4.99 Å². The van der Waals surface area contributed by atoms with Crippen LogP contribution >= 0.6 is 0 Å². The van der Waals surface area contributed by atoms with Crippen LogP contribution in [0.25, 0.3) is 10.9 Å². The standard InChI is InChI=1S/C30H38N6O4/c1-7-10-20(11-8-2)38-25-15-22-23(16-24(25)37-6)32-18-33-28(22)39-21-13-9-12-19(14-21)34-29(31)35-27-17-26(40-36-27)30(3,4)5/h9,12-18,20H,7-8,10-11H2,1-6H3,(H3,31,34,35,36). The Balaban J connectivity index is 1.56. The lowest BCUT2D eigenvalue weighted by molar-refractivity contribution is 0.172. The van der Waals surface area contributed by atoms with Crippen molar-refractivity contribution in [1.29, 1.82) is 0 Å². The number of ether oxygens (including phenoxy) is 3. The van der Waals surface area contributed by atoms with Crippen LogP contribution in [0.15, 0.2) is 58.3 Å². The highest BCUT2D eigenvalue weighted by Gasteiger charge is 2.20. The SMILES string of the molecule is CCCC(CCC)Oc1cc2c(Oc3cccc(NC(N)=Nc4cc(C(C)(C)C)on4)c3)ncnc2cc1OC. The number of fused-ring (bicyclic) bond motifs is 1. The first-order valence-electron chi connectivity index (χ1n) is 13.6. The minimum atomic E-state index is -0.176. The first-order chi connectivity index (χ1) is 19.2. The zero-order chi connectivity index (χ0) is 28.7. The monoisotopic (exact) mass is 546 g/mol. The molecule has 2 aromatic heterocycles. The average Bonchev–Trinajstić information content (AvgIpc) is 3.38. The molecule has 0 unspecified atom stereocenters. The van der Waals surface area contributed by atoms with Crippen LogP contribution in [-0.4, -0.2) is 34.3 Å². The number of hydrogen-bond donors (Lipinski definition) is 2. The van der Waals surface area contributed by atoms with Crippen LogP contribution in [0.4, 0.5) is 11.5 Å². The normalized spacial score (nSPS) is 12.1. The maximum absolute atomic E-state index is 6.38. The number of nitrogens with one attached hydrogen (secondary N) is 1. The van der Waals surface area contributed by atoms with E-state index in [4.69, 9.17) is 24.5 Å². The maximum Gasteiger partial charge on any atom is 0.230 e. The quantitative estimate of drug-likeness (QED) is 0.149. The third-order valence-corrected chi connectivity index (χ3v) is 6.19. The molecule has 0 amide bonds. The maximum atomic E-state index is 6.38. The van der Waals surface area contributed by atoms with Gasteiger partial charge in [-0.05, 0) is 31.0 Å². The van der Waals surface area contributed by atoms with Crippen molar-refractivity contribution >= 4 is 28.4 Å². The summed E-state index contributed by atoms with van der Waals surface area (Å²) in [6, 6.07) is 12.8. The van der Waals surface area contributed by atoms with Crippen molar-refractivity contribution in [3.63, 3.8) is 0 Å². The van der Waals surface area contributed by atoms with E-state index in [-0.39, 0.29) is 17.5 Å². The Kier molecular flexibility index (Phi) is 9.08. The molecule has 0 atom stereocenters. The molecule has 0 aliphatic carbocycles. The first-order valence-corrected chi connectivity index (χ1v) is 13.6. The molecule has 10 heteroatoms. The minimum Gasteiger partial charge on any atom is -0.493 e. The number of nitrogens with two attached hydrogens (primary N) is 1. The van der Waals surface area contributed by atoms with Crippen LogP contribution in [0.1, 0.15) is 66.1 Å². The molecule has 10 nitrogen and oxygen atoms in total. The largest absolute Gasteiger partial charge is 0.493 e. The number of aromatic nitrogens is 3. The Labute approximate surface area is 235 Å². The van der Waals surface area contributed by atoms with Gasteiger partial charge in [0.1, 0.15) is 17.8 Å². The molecule has 3 N–H and O–H groups in total. The van der Waals surface area contributed by atoms with Crippen molar-refractivity contribution in [2.45, 2.75) is 71.8 Å². The molecule has 0 aliphatic heterocycles. The molecule has 4 rings (SSSR count). The van der Waals surface area contributed by atoms with E-state index in [1.807, 2.05) is 51.1 Å². The Bertz CT molecular complexity index is 1450. The fourth-order valence-electron chi connectivity index (χ4n) is 4.18. The van der Waals surface area contributed by atoms with Crippen molar-refractivity contribution in [2.24, 2.45) is 10.7 Å². The lowest BCUT2D eigenvalue weighted by Gasteiger charge is -2.20. The Morgan fingerprint density at radius 3 is 2.50 bits per heavy atom. The summed E-state index contributed by atoms with van der Waals surface area (Å²) in [6.45, 7) is 10.4. The molecule has 4 aromatic rings. The van der Waals surface area contributed by atoms with E-state index in [0.29, 0.717) is 45.5 Å². The Hall–Kier alpha value is -4.34. The van der Waals surface area contributed by atoms with Gasteiger partial charge in [0.25, 0.3) is 0 Å². The van der Waals surface area contributed by atoms with Crippen molar-refractivity contribution in [3.05, 3.63) is 54.6 Å². The molecule has 0 radical (unpaired) electrons. The first kappa shape index (κ1) is 28.7. The number of anilines is 1. The lowest BCUT2D eigenvalue weighted by atomic mass is 9.93. The zero-order valence-electron chi connectivity index (χ0n) is 24.0. The van der Waals surface area contributed by atoms with E-state index in [2.05, 4.69) is 39.3 Å². The molecular weight excluding hydrogens is 508 g/mol. The number of methoxy groups -OCH3 is 1. The molecular formula is C30H38N6O4. The molecule has 40 heavy (non-hydrogen) atoms. The molecule has 0 fully saturated rings. The van der Waals surface area contributed by atoms with Crippen molar-refractivity contribution in [2.75, 3.05) is 12.4 Å². The zero-order valence-corrected chi connectivity index (χ0v) is 24.0. The molecule has 2 aromatic carbocycles. The Morgan fingerprint density at radius 1 is 1.05 bits per heavy atom. The molecule has 0 aliphatic rings. The van der Waals surface area contributed by atoms with Crippen LogP contribution in [0, 0.1) is 0 Å². The number of nitrogens with zero attached hydrogens (tertiary/aromatic N) is 4. The van der Waals surface area contributed by atoms with Crippen molar-refractivity contribution < 1.29 is 18.7 Å². The third kappa shape index (κ3) is 7.19. The summed E-state index contributed by atoms with van der Waals surface area (Å²) < 4.78 is 23.6. The van der Waals surface area contributed by atoms with E-state index in [1.54, 1.807) is 19.2 Å². The number of benzene rings is 2. The highest BCUT2D eigenvalue weighted by Crippen LogP contribution is 2.37. The molecule has 0 spiro atoms. The Morgan fingerprint density at radius 2 is 1.82 bits per heavy atom. The number of hydrogen-bond acceptors (Lipinski definition) is 8. The summed E-state index contributed by atoms with van der Waals surface area (Å²) in [6.07, 6.45) is 5.56. The van der Waals surface area contributed by atoms with Crippen LogP contribution in [0.3, 0.4) is 0 Å². The summed E-state index contributed by atoms with van der Waals surface area (Å²) in [4.78, 5) is 13.1. The topological polar surface area (TPSA) is 130 Å². The van der Waals surface area contributed by atoms with Gasteiger partial charge in [0, 0.05) is 29.3 Å². The number of rotatable bonds is 11. The van der Waals surface area contributed by atoms with Crippen LogP contribution in [0.5, 0.6) is 23.1 Å². The molecule has 2 heterocycles. The van der Waals surface area contributed by atoms with Crippen LogP contribution < -0.4 is 25.3 Å². The van der Waals surface area contributed by atoms with Gasteiger partial charge < -0.3 is 29.8 Å². The van der Waals surface area contributed by atoms with Gasteiger partial charge in [0.05, 0.1) is 24.1 Å². The smallest absolute Gasteiger partial charge is 0.230 e. The second kappa shape index (κ2) is 12.7. The highest BCUT2D eigenvalue weighted by molar-refractivity contribution is 5.94. The van der Waals surface area contributed by atoms with Gasteiger partial charge in [-0.3, -0.25) is 0 Å². The molecule has 0 bridgehead atoms. The summed E-state index contributed by atoms with van der Waals surface area (Å²) in [5, 5.41) is 7.77. The van der Waals surface area contributed by atoms with Crippen molar-refractivity contribution in [3.8, 4) is 23.1 Å². The number of aliphatic imine (C=N–C) groups is 1. The lowest BCUT2D eigenvalue weighted by Crippen LogP contribution is -2.21. The number of guanidine groups is 1. The summed E-state index contributed by atoms with van der Waals surface area (Å²) in [5.74, 6) is 3.51. The van der Waals surface area contributed by atoms with Gasteiger partial charge in [-0.25, -0.2) is 9.97 Å². The second-order valence-electron chi connectivity index (χ2n) is 10.6.